The lowest BCUT2D eigenvalue weighted by Crippen LogP contribution is -2.46. The minimum Gasteiger partial charge on any atom is -0.497 e. The largest absolute Gasteiger partial charge is 0.497 e. The summed E-state index contributed by atoms with van der Waals surface area (Å²) in [5.41, 5.74) is 11.9. The Balaban J connectivity index is 1.32. The average molecular weight is 490 g/mol. The number of ether oxygens (including phenoxy) is 2. The Morgan fingerprint density at radius 1 is 1.11 bits per heavy atom. The molecule has 0 radical (unpaired) electrons. The second-order valence-electron chi connectivity index (χ2n) is 9.39. The van der Waals surface area contributed by atoms with Crippen molar-refractivity contribution in [1.29, 1.82) is 0 Å². The first-order valence-corrected chi connectivity index (χ1v) is 12.6. The molecule has 5 nitrogen and oxygen atoms in total. The molecule has 1 aromatic heterocycles. The minimum atomic E-state index is 0.0400. The van der Waals surface area contributed by atoms with E-state index in [4.69, 9.17) is 26.8 Å². The molecule has 182 valence electrons. The fraction of sp³-hybridized carbons (Fsp3) is 0.345. The molecule has 0 amide bonds. The van der Waals surface area contributed by atoms with Gasteiger partial charge in [0.05, 0.1) is 12.8 Å². The van der Waals surface area contributed by atoms with Gasteiger partial charge in [0.15, 0.2) is 0 Å². The lowest BCUT2D eigenvalue weighted by molar-refractivity contribution is 0.164. The van der Waals surface area contributed by atoms with Gasteiger partial charge in [-0.25, -0.2) is 0 Å². The second kappa shape index (κ2) is 10.4. The van der Waals surface area contributed by atoms with E-state index in [0.29, 0.717) is 13.2 Å². The molecule has 1 fully saturated rings. The number of aromatic nitrogens is 1. The van der Waals surface area contributed by atoms with Gasteiger partial charge in [-0.3, -0.25) is 4.98 Å². The van der Waals surface area contributed by atoms with Crippen LogP contribution in [0.1, 0.15) is 41.6 Å². The summed E-state index contributed by atoms with van der Waals surface area (Å²) in [6, 6.07) is 18.3. The topological polar surface area (TPSA) is 60.6 Å². The molecule has 35 heavy (non-hydrogen) atoms. The van der Waals surface area contributed by atoms with Gasteiger partial charge in [-0.2, -0.15) is 0 Å². The van der Waals surface area contributed by atoms with E-state index in [1.807, 2.05) is 36.5 Å². The van der Waals surface area contributed by atoms with Crippen LogP contribution in [0.3, 0.4) is 0 Å². The molecule has 0 spiro atoms. The summed E-state index contributed by atoms with van der Waals surface area (Å²) in [5.74, 6) is 1.69. The highest BCUT2D eigenvalue weighted by atomic mass is 35.5. The van der Waals surface area contributed by atoms with E-state index in [0.717, 1.165) is 77.8 Å². The van der Waals surface area contributed by atoms with Crippen LogP contribution in [0.2, 0.25) is 5.02 Å². The summed E-state index contributed by atoms with van der Waals surface area (Å²) in [6.45, 7) is 4.20. The molecule has 0 atom stereocenters. The number of rotatable bonds is 6. The highest BCUT2D eigenvalue weighted by Gasteiger charge is 2.34. The normalized spacial score (nSPS) is 18.3. The molecule has 3 aromatic rings. The molecule has 0 aliphatic carbocycles. The first kappa shape index (κ1) is 23.9. The molecule has 2 aromatic carbocycles. The van der Waals surface area contributed by atoms with Gasteiger partial charge in [-0.05, 0) is 79.9 Å². The standard InChI is InChI=1S/C29H32ClN3O2/c1-34-23-10-11-28-26(18-23)24(25-4-2-14-32-27(25)19-35-28)5-3-15-33-16-12-29(20-31,13-17-33)21-6-8-22(30)9-7-21/h2,4-11,14,18H,3,12-13,15-17,19-20,31H2,1H3/b24-5-. The van der Waals surface area contributed by atoms with Crippen LogP contribution in [0.5, 0.6) is 11.5 Å². The zero-order valence-electron chi connectivity index (χ0n) is 20.2. The van der Waals surface area contributed by atoms with Crippen molar-refractivity contribution in [3.63, 3.8) is 0 Å². The second-order valence-corrected chi connectivity index (χ2v) is 9.82. The van der Waals surface area contributed by atoms with Crippen LogP contribution in [0.25, 0.3) is 5.57 Å². The number of pyridine rings is 1. The van der Waals surface area contributed by atoms with Crippen molar-refractivity contribution in [3.8, 4) is 11.5 Å². The summed E-state index contributed by atoms with van der Waals surface area (Å²) in [7, 11) is 1.69. The van der Waals surface area contributed by atoms with E-state index in [1.165, 1.54) is 5.56 Å². The number of halogens is 1. The van der Waals surface area contributed by atoms with Gasteiger partial charge in [0.2, 0.25) is 0 Å². The van der Waals surface area contributed by atoms with Gasteiger partial charge in [0, 0.05) is 40.9 Å². The molecule has 6 heteroatoms. The molecule has 0 unspecified atom stereocenters. The van der Waals surface area contributed by atoms with Gasteiger partial charge in [0.25, 0.3) is 0 Å². The fourth-order valence-corrected chi connectivity index (χ4v) is 5.42. The molecule has 3 heterocycles. The number of nitrogens with two attached hydrogens (primary N) is 1. The van der Waals surface area contributed by atoms with Crippen molar-refractivity contribution in [1.82, 2.24) is 9.88 Å². The molecule has 0 bridgehead atoms. The monoisotopic (exact) mass is 489 g/mol. The first-order chi connectivity index (χ1) is 17.1. The molecule has 0 saturated carbocycles. The third kappa shape index (κ3) is 4.94. The van der Waals surface area contributed by atoms with Gasteiger partial charge in [-0.15, -0.1) is 0 Å². The molecule has 2 N–H and O–H groups in total. The Hall–Kier alpha value is -2.86. The number of methoxy groups -OCH3 is 1. The van der Waals surface area contributed by atoms with Gasteiger partial charge in [-0.1, -0.05) is 35.9 Å². The zero-order valence-corrected chi connectivity index (χ0v) is 20.9. The number of piperidine rings is 1. The summed E-state index contributed by atoms with van der Waals surface area (Å²) >= 11 is 6.11. The van der Waals surface area contributed by atoms with Crippen molar-refractivity contribution in [3.05, 3.63) is 94.3 Å². The maximum atomic E-state index is 6.29. The van der Waals surface area contributed by atoms with Crippen molar-refractivity contribution < 1.29 is 9.47 Å². The number of hydrogen-bond acceptors (Lipinski definition) is 5. The van der Waals surface area contributed by atoms with E-state index in [1.54, 1.807) is 7.11 Å². The van der Waals surface area contributed by atoms with Crippen molar-refractivity contribution in [2.75, 3.05) is 33.3 Å². The summed E-state index contributed by atoms with van der Waals surface area (Å²) in [5, 5.41) is 0.770. The van der Waals surface area contributed by atoms with E-state index in [-0.39, 0.29) is 5.41 Å². The Morgan fingerprint density at radius 3 is 2.66 bits per heavy atom. The molecule has 5 rings (SSSR count). The zero-order chi connectivity index (χ0) is 24.3. The van der Waals surface area contributed by atoms with Crippen LogP contribution in [-0.2, 0) is 12.0 Å². The Labute approximate surface area is 212 Å². The molecule has 1 saturated heterocycles. The average Bonchev–Trinajstić information content (AvgIpc) is 3.06. The number of likely N-dealkylation sites (tertiary alicyclic amines) is 1. The third-order valence-corrected chi connectivity index (χ3v) is 7.73. The van der Waals surface area contributed by atoms with Crippen LogP contribution < -0.4 is 15.2 Å². The van der Waals surface area contributed by atoms with E-state index >= 15 is 0 Å². The highest BCUT2D eigenvalue weighted by molar-refractivity contribution is 6.30. The summed E-state index contributed by atoms with van der Waals surface area (Å²) < 4.78 is 11.6. The Bertz CT molecular complexity index is 1200. The number of benzene rings is 2. The molecular weight excluding hydrogens is 458 g/mol. The quantitative estimate of drug-likeness (QED) is 0.499. The van der Waals surface area contributed by atoms with Gasteiger partial charge in [0.1, 0.15) is 18.1 Å². The van der Waals surface area contributed by atoms with E-state index in [9.17, 15) is 0 Å². The van der Waals surface area contributed by atoms with Crippen molar-refractivity contribution >= 4 is 17.2 Å². The van der Waals surface area contributed by atoms with Crippen LogP contribution in [0.4, 0.5) is 0 Å². The third-order valence-electron chi connectivity index (χ3n) is 7.48. The van der Waals surface area contributed by atoms with Crippen LogP contribution in [-0.4, -0.2) is 43.2 Å². The van der Waals surface area contributed by atoms with Crippen LogP contribution >= 0.6 is 11.6 Å². The lowest BCUT2D eigenvalue weighted by Gasteiger charge is -2.41. The fourth-order valence-electron chi connectivity index (χ4n) is 5.29. The summed E-state index contributed by atoms with van der Waals surface area (Å²) in [6.07, 6.45) is 7.22. The van der Waals surface area contributed by atoms with Crippen molar-refractivity contribution in [2.45, 2.75) is 31.3 Å². The predicted molar refractivity (Wildman–Crippen MR) is 141 cm³/mol. The maximum absolute atomic E-state index is 6.29. The minimum absolute atomic E-state index is 0.0400. The summed E-state index contributed by atoms with van der Waals surface area (Å²) in [4.78, 5) is 7.13. The number of nitrogens with zero attached hydrogens (tertiary/aromatic N) is 2. The lowest BCUT2D eigenvalue weighted by atomic mass is 9.73. The molecular formula is C29H32ClN3O2. The van der Waals surface area contributed by atoms with Crippen LogP contribution in [0.15, 0.2) is 66.9 Å². The predicted octanol–water partition coefficient (Wildman–Crippen LogP) is 5.45. The number of fused-ring (bicyclic) bond motifs is 2. The van der Waals surface area contributed by atoms with Crippen LogP contribution in [0, 0.1) is 0 Å². The SMILES string of the molecule is COc1ccc2c(c1)/C(=C\CCN1CCC(CN)(c3ccc(Cl)cc3)CC1)c1cccnc1CO2. The van der Waals surface area contributed by atoms with E-state index in [2.05, 4.69) is 40.2 Å². The smallest absolute Gasteiger partial charge is 0.131 e. The molecule has 2 aliphatic heterocycles. The number of hydrogen-bond donors (Lipinski definition) is 1. The Morgan fingerprint density at radius 2 is 1.91 bits per heavy atom. The first-order valence-electron chi connectivity index (χ1n) is 12.3. The molecule has 2 aliphatic rings. The van der Waals surface area contributed by atoms with E-state index < -0.39 is 0 Å². The highest BCUT2D eigenvalue weighted by Crippen LogP contribution is 2.39. The van der Waals surface area contributed by atoms with Gasteiger partial charge < -0.3 is 20.1 Å². The Kier molecular flexibility index (Phi) is 7.09. The van der Waals surface area contributed by atoms with Gasteiger partial charge >= 0.3 is 0 Å². The maximum Gasteiger partial charge on any atom is 0.131 e. The van der Waals surface area contributed by atoms with Crippen molar-refractivity contribution in [2.24, 2.45) is 5.73 Å².